The number of ether oxygens (including phenoxy) is 1. The molecule has 0 aliphatic carbocycles. The van der Waals surface area contributed by atoms with E-state index in [1.165, 1.54) is 6.92 Å². The van der Waals surface area contributed by atoms with E-state index in [2.05, 4.69) is 4.74 Å². The van der Waals surface area contributed by atoms with E-state index in [1.54, 1.807) is 0 Å². The molecule has 1 aliphatic heterocycles. The lowest BCUT2D eigenvalue weighted by molar-refractivity contribution is -0.148. The van der Waals surface area contributed by atoms with Crippen LogP contribution >= 0.6 is 0 Å². The summed E-state index contributed by atoms with van der Waals surface area (Å²) in [6, 6.07) is 0. The van der Waals surface area contributed by atoms with Gasteiger partial charge >= 0.3 is 5.97 Å². The van der Waals surface area contributed by atoms with E-state index in [9.17, 15) is 4.79 Å². The summed E-state index contributed by atoms with van der Waals surface area (Å²) in [4.78, 5) is 10.8. The van der Waals surface area contributed by atoms with Gasteiger partial charge in [-0.2, -0.15) is 0 Å². The van der Waals surface area contributed by atoms with Crippen molar-refractivity contribution in [2.45, 2.75) is 13.0 Å². The van der Waals surface area contributed by atoms with Crippen LogP contribution in [0.2, 0.25) is 0 Å². The Bertz CT molecular complexity index is 156. The van der Waals surface area contributed by atoms with Crippen molar-refractivity contribution < 1.29 is 19.7 Å². The number of aliphatic hydroxyl groups is 2. The van der Waals surface area contributed by atoms with Crippen LogP contribution < -0.4 is 0 Å². The second kappa shape index (κ2) is 2.21. The summed E-state index contributed by atoms with van der Waals surface area (Å²) in [6.07, 6.45) is -0.870. The van der Waals surface area contributed by atoms with Gasteiger partial charge in [0.1, 0.15) is 18.1 Å². The molecule has 58 valence electrons. The quantitative estimate of drug-likeness (QED) is 0.461. The molecule has 1 fully saturated rings. The second-order valence-corrected chi connectivity index (χ2v) is 2.69. The maximum absolute atomic E-state index is 10.8. The Morgan fingerprint density at radius 1 is 1.90 bits per heavy atom. The first-order valence-electron chi connectivity index (χ1n) is 3.07. The zero-order valence-corrected chi connectivity index (χ0v) is 5.70. The summed E-state index contributed by atoms with van der Waals surface area (Å²) < 4.78 is 4.52. The summed E-state index contributed by atoms with van der Waals surface area (Å²) in [6.45, 7) is 1.11. The molecule has 0 spiro atoms. The third kappa shape index (κ3) is 0.803. The molecule has 0 saturated carbocycles. The number of aliphatic hydroxyl groups excluding tert-OH is 2. The van der Waals surface area contributed by atoms with Gasteiger partial charge in [0.25, 0.3) is 0 Å². The molecule has 1 rings (SSSR count). The van der Waals surface area contributed by atoms with Crippen molar-refractivity contribution in [3.8, 4) is 0 Å². The Labute approximate surface area is 58.4 Å². The van der Waals surface area contributed by atoms with Gasteiger partial charge in [-0.1, -0.05) is 0 Å². The molecule has 0 aromatic heterocycles. The molecule has 0 radical (unpaired) electrons. The van der Waals surface area contributed by atoms with Gasteiger partial charge in [-0.25, -0.2) is 0 Å². The number of cyclic esters (lactones) is 1. The standard InChI is InChI=1S/C6H10O4/c1-6(3-7)4(8)2-10-5(6)9/h4,7-8H,2-3H2,1H3/t4-,6-/m0/s1. The Morgan fingerprint density at radius 2 is 2.50 bits per heavy atom. The van der Waals surface area contributed by atoms with Crippen molar-refractivity contribution in [2.24, 2.45) is 5.41 Å². The van der Waals surface area contributed by atoms with Crippen molar-refractivity contribution in [2.75, 3.05) is 13.2 Å². The maximum atomic E-state index is 10.8. The molecule has 2 atom stereocenters. The van der Waals surface area contributed by atoms with Crippen LogP contribution in [0.25, 0.3) is 0 Å². The van der Waals surface area contributed by atoms with Crippen LogP contribution in [0.1, 0.15) is 6.92 Å². The van der Waals surface area contributed by atoms with Crippen LogP contribution in [0.5, 0.6) is 0 Å². The molecule has 0 aromatic carbocycles. The smallest absolute Gasteiger partial charge is 0.317 e. The van der Waals surface area contributed by atoms with Crippen molar-refractivity contribution in [1.82, 2.24) is 0 Å². The van der Waals surface area contributed by atoms with Crippen LogP contribution in [0.3, 0.4) is 0 Å². The molecule has 1 saturated heterocycles. The van der Waals surface area contributed by atoms with Gasteiger partial charge in [0, 0.05) is 0 Å². The van der Waals surface area contributed by atoms with Crippen LogP contribution in [0.15, 0.2) is 0 Å². The molecular formula is C6H10O4. The maximum Gasteiger partial charge on any atom is 0.317 e. The van der Waals surface area contributed by atoms with Crippen molar-refractivity contribution in [3.05, 3.63) is 0 Å². The number of carbonyl (C=O) groups excluding carboxylic acids is 1. The van der Waals surface area contributed by atoms with Crippen molar-refractivity contribution in [3.63, 3.8) is 0 Å². The molecule has 2 N–H and O–H groups in total. The molecule has 4 nitrogen and oxygen atoms in total. The highest BCUT2D eigenvalue weighted by Crippen LogP contribution is 2.28. The lowest BCUT2D eigenvalue weighted by atomic mass is 9.88. The highest BCUT2D eigenvalue weighted by atomic mass is 16.6. The zero-order valence-electron chi connectivity index (χ0n) is 5.70. The number of hydrogen-bond acceptors (Lipinski definition) is 4. The van der Waals surface area contributed by atoms with Gasteiger partial charge in [-0.05, 0) is 6.92 Å². The Kier molecular flexibility index (Phi) is 1.66. The van der Waals surface area contributed by atoms with Crippen molar-refractivity contribution in [1.29, 1.82) is 0 Å². The van der Waals surface area contributed by atoms with Crippen molar-refractivity contribution >= 4 is 5.97 Å². The Balaban J connectivity index is 2.80. The van der Waals surface area contributed by atoms with Crippen LogP contribution in [-0.2, 0) is 9.53 Å². The van der Waals surface area contributed by atoms with Gasteiger partial charge < -0.3 is 14.9 Å². The summed E-state index contributed by atoms with van der Waals surface area (Å²) in [5, 5.41) is 17.8. The molecule has 0 unspecified atom stereocenters. The van der Waals surface area contributed by atoms with Gasteiger partial charge in [0.2, 0.25) is 0 Å². The van der Waals surface area contributed by atoms with E-state index in [0.29, 0.717) is 0 Å². The number of hydrogen-bond donors (Lipinski definition) is 2. The number of carbonyl (C=O) groups is 1. The number of esters is 1. The second-order valence-electron chi connectivity index (χ2n) is 2.69. The molecule has 1 heterocycles. The van der Waals surface area contributed by atoms with E-state index in [-0.39, 0.29) is 13.2 Å². The third-order valence-electron chi connectivity index (χ3n) is 1.90. The molecule has 10 heavy (non-hydrogen) atoms. The minimum atomic E-state index is -1.10. The zero-order chi connectivity index (χ0) is 7.78. The van der Waals surface area contributed by atoms with E-state index in [0.717, 1.165) is 0 Å². The summed E-state index contributed by atoms with van der Waals surface area (Å²) in [7, 11) is 0. The van der Waals surface area contributed by atoms with Crippen LogP contribution in [-0.4, -0.2) is 35.5 Å². The summed E-state index contributed by atoms with van der Waals surface area (Å²) >= 11 is 0. The summed E-state index contributed by atoms with van der Waals surface area (Å²) in [5.41, 5.74) is -1.10. The lowest BCUT2D eigenvalue weighted by Crippen LogP contribution is -2.37. The predicted octanol–water partition coefficient (Wildman–Crippen LogP) is -1.10. The molecular weight excluding hydrogens is 136 g/mol. The lowest BCUT2D eigenvalue weighted by Gasteiger charge is -2.18. The van der Waals surface area contributed by atoms with Crippen LogP contribution in [0, 0.1) is 5.41 Å². The minimum absolute atomic E-state index is 0.00407. The highest BCUT2D eigenvalue weighted by molar-refractivity contribution is 5.79. The fourth-order valence-corrected chi connectivity index (χ4v) is 0.809. The average molecular weight is 146 g/mol. The van der Waals surface area contributed by atoms with Gasteiger partial charge in [-0.15, -0.1) is 0 Å². The molecule has 0 bridgehead atoms. The van der Waals surface area contributed by atoms with E-state index < -0.39 is 17.5 Å². The largest absolute Gasteiger partial charge is 0.462 e. The predicted molar refractivity (Wildman–Crippen MR) is 32.2 cm³/mol. The van der Waals surface area contributed by atoms with Gasteiger partial charge in [0.05, 0.1) is 6.61 Å². The third-order valence-corrected chi connectivity index (χ3v) is 1.90. The molecule has 0 amide bonds. The average Bonchev–Trinajstić information content (AvgIpc) is 2.18. The molecule has 0 aromatic rings. The van der Waals surface area contributed by atoms with Gasteiger partial charge in [-0.3, -0.25) is 4.79 Å². The number of rotatable bonds is 1. The monoisotopic (exact) mass is 146 g/mol. The van der Waals surface area contributed by atoms with Gasteiger partial charge in [0.15, 0.2) is 0 Å². The van der Waals surface area contributed by atoms with Crippen LogP contribution in [0.4, 0.5) is 0 Å². The fourth-order valence-electron chi connectivity index (χ4n) is 0.809. The first kappa shape index (κ1) is 7.50. The first-order valence-corrected chi connectivity index (χ1v) is 3.07. The van der Waals surface area contributed by atoms with E-state index in [4.69, 9.17) is 10.2 Å². The van der Waals surface area contributed by atoms with E-state index >= 15 is 0 Å². The normalized spacial score (nSPS) is 39.9. The molecule has 4 heteroatoms. The minimum Gasteiger partial charge on any atom is -0.462 e. The highest BCUT2D eigenvalue weighted by Gasteiger charge is 2.47. The fraction of sp³-hybridized carbons (Fsp3) is 0.833. The Morgan fingerprint density at radius 3 is 2.70 bits per heavy atom. The first-order chi connectivity index (χ1) is 4.61. The topological polar surface area (TPSA) is 66.8 Å². The SMILES string of the molecule is C[C@@]1(CO)C(=O)OC[C@@H]1O. The summed E-state index contributed by atoms with van der Waals surface area (Å²) in [5.74, 6) is -0.525. The Hall–Kier alpha value is -0.610. The van der Waals surface area contributed by atoms with E-state index in [1.807, 2.05) is 0 Å². The molecule has 1 aliphatic rings.